The molecule has 1 aromatic heterocycles. The van der Waals surface area contributed by atoms with E-state index < -0.39 is 16.0 Å². The van der Waals surface area contributed by atoms with Gasteiger partial charge in [0.05, 0.1) is 5.69 Å². The Balaban J connectivity index is 3.04. The van der Waals surface area contributed by atoms with Gasteiger partial charge in [-0.2, -0.15) is 8.42 Å². The zero-order chi connectivity index (χ0) is 9.35. The molecule has 12 heavy (non-hydrogen) atoms. The number of aryl methyl sites for hydroxylation is 2. The molecule has 1 heterocycles. The largest absolute Gasteiger partial charge is 0.361 e. The minimum Gasteiger partial charge on any atom is -0.361 e. The predicted octanol–water partition coefficient (Wildman–Crippen LogP) is 1.09. The van der Waals surface area contributed by atoms with Gasteiger partial charge in [0.15, 0.2) is 0 Å². The van der Waals surface area contributed by atoms with Gasteiger partial charge in [-0.05, 0) is 13.8 Å². The molecule has 1 aromatic rings. The minimum absolute atomic E-state index is 0.303. The highest BCUT2D eigenvalue weighted by atomic mass is 32.3. The second-order valence-corrected chi connectivity index (χ2v) is 3.85. The number of halogens is 1. The topological polar surface area (TPSA) is 60.2 Å². The molecule has 0 aliphatic heterocycles. The van der Waals surface area contributed by atoms with Crippen LogP contribution in [0, 0.1) is 13.8 Å². The summed E-state index contributed by atoms with van der Waals surface area (Å²) in [7, 11) is -4.49. The van der Waals surface area contributed by atoms with E-state index >= 15 is 0 Å². The van der Waals surface area contributed by atoms with E-state index in [9.17, 15) is 12.3 Å². The highest BCUT2D eigenvalue weighted by Crippen LogP contribution is 2.16. The fraction of sp³-hybridized carbons (Fsp3) is 0.500. The summed E-state index contributed by atoms with van der Waals surface area (Å²) in [6.07, 6.45) is 0. The van der Waals surface area contributed by atoms with Crippen LogP contribution in [0.25, 0.3) is 0 Å². The van der Waals surface area contributed by atoms with Crippen LogP contribution in [0.5, 0.6) is 0 Å². The van der Waals surface area contributed by atoms with Gasteiger partial charge in [0.2, 0.25) is 0 Å². The Hall–Kier alpha value is -0.910. The van der Waals surface area contributed by atoms with Crippen LogP contribution in [0.1, 0.15) is 17.0 Å². The molecule has 0 unspecified atom stereocenters. The summed E-state index contributed by atoms with van der Waals surface area (Å²) in [6, 6.07) is 0. The molecule has 0 radical (unpaired) electrons. The zero-order valence-corrected chi connectivity index (χ0v) is 7.48. The van der Waals surface area contributed by atoms with Crippen LogP contribution in [0.2, 0.25) is 0 Å². The quantitative estimate of drug-likeness (QED) is 0.659. The zero-order valence-electron chi connectivity index (χ0n) is 6.67. The summed E-state index contributed by atoms with van der Waals surface area (Å²) in [6.45, 7) is 3.11. The van der Waals surface area contributed by atoms with Crippen molar-refractivity contribution < 1.29 is 16.8 Å². The lowest BCUT2D eigenvalue weighted by Crippen LogP contribution is -1.98. The first-order valence-corrected chi connectivity index (χ1v) is 4.79. The molecule has 0 bridgehead atoms. The average molecular weight is 193 g/mol. The van der Waals surface area contributed by atoms with Crippen LogP contribution in [0.3, 0.4) is 0 Å². The van der Waals surface area contributed by atoms with Gasteiger partial charge >= 0.3 is 10.2 Å². The molecule has 0 aliphatic rings. The molecule has 0 aliphatic carbocycles. The van der Waals surface area contributed by atoms with Gasteiger partial charge < -0.3 is 4.52 Å². The van der Waals surface area contributed by atoms with E-state index in [0.717, 1.165) is 0 Å². The molecular formula is C6H8FNO3S. The van der Waals surface area contributed by atoms with E-state index in [1.807, 2.05) is 0 Å². The van der Waals surface area contributed by atoms with E-state index in [2.05, 4.69) is 9.68 Å². The van der Waals surface area contributed by atoms with Crippen molar-refractivity contribution in [3.8, 4) is 0 Å². The van der Waals surface area contributed by atoms with Gasteiger partial charge in [0, 0.05) is 5.56 Å². The minimum atomic E-state index is -4.49. The second-order valence-electron chi connectivity index (χ2n) is 2.49. The SMILES string of the molecule is Cc1noc(C)c1CS(=O)(=O)F. The second kappa shape index (κ2) is 2.85. The van der Waals surface area contributed by atoms with E-state index in [1.165, 1.54) is 0 Å². The van der Waals surface area contributed by atoms with Gasteiger partial charge in [-0.15, -0.1) is 3.89 Å². The third kappa shape index (κ3) is 2.04. The summed E-state index contributed by atoms with van der Waals surface area (Å²) in [5, 5.41) is 3.49. The van der Waals surface area contributed by atoms with E-state index in [-0.39, 0.29) is 0 Å². The van der Waals surface area contributed by atoms with Crippen molar-refractivity contribution >= 4 is 10.2 Å². The van der Waals surface area contributed by atoms with Gasteiger partial charge in [-0.1, -0.05) is 5.16 Å². The average Bonchev–Trinajstić information content (AvgIpc) is 2.16. The monoisotopic (exact) mass is 193 g/mol. The maximum Gasteiger partial charge on any atom is 0.306 e. The standard InChI is InChI=1S/C6H8FNO3S/c1-4-6(3-12(7,9)10)5(2)11-8-4/h3H2,1-2H3. The predicted molar refractivity (Wildman–Crippen MR) is 39.7 cm³/mol. The van der Waals surface area contributed by atoms with Crippen LogP contribution < -0.4 is 0 Å². The van der Waals surface area contributed by atoms with Gasteiger partial charge in [0.25, 0.3) is 0 Å². The van der Waals surface area contributed by atoms with Crippen molar-refractivity contribution in [3.63, 3.8) is 0 Å². The lowest BCUT2D eigenvalue weighted by Gasteiger charge is -1.92. The Morgan fingerprint density at radius 2 is 2.08 bits per heavy atom. The van der Waals surface area contributed by atoms with Crippen molar-refractivity contribution in [2.24, 2.45) is 0 Å². The van der Waals surface area contributed by atoms with Crippen molar-refractivity contribution in [3.05, 3.63) is 17.0 Å². The molecule has 68 valence electrons. The molecule has 4 nitrogen and oxygen atoms in total. The number of aromatic nitrogens is 1. The molecule has 6 heteroatoms. The van der Waals surface area contributed by atoms with Crippen LogP contribution in [0.15, 0.2) is 4.52 Å². The first kappa shape index (κ1) is 9.18. The Bertz CT molecular complexity index is 362. The maximum absolute atomic E-state index is 12.2. The summed E-state index contributed by atoms with van der Waals surface area (Å²) >= 11 is 0. The summed E-state index contributed by atoms with van der Waals surface area (Å²) in [4.78, 5) is 0. The van der Waals surface area contributed by atoms with Gasteiger partial charge in [-0.25, -0.2) is 0 Å². The first-order chi connectivity index (χ1) is 5.40. The fourth-order valence-electron chi connectivity index (χ4n) is 0.880. The number of hydrogen-bond acceptors (Lipinski definition) is 4. The van der Waals surface area contributed by atoms with E-state index in [0.29, 0.717) is 17.0 Å². The molecule has 0 saturated heterocycles. The third-order valence-corrected chi connectivity index (χ3v) is 2.13. The molecule has 0 spiro atoms. The summed E-state index contributed by atoms with van der Waals surface area (Å²) in [5.41, 5.74) is 0.714. The number of rotatable bonds is 2. The highest BCUT2D eigenvalue weighted by Gasteiger charge is 2.16. The third-order valence-electron chi connectivity index (χ3n) is 1.50. The fourth-order valence-corrected chi connectivity index (χ4v) is 1.64. The Kier molecular flexibility index (Phi) is 2.18. The van der Waals surface area contributed by atoms with E-state index in [1.54, 1.807) is 13.8 Å². The lowest BCUT2D eigenvalue weighted by molar-refractivity contribution is 0.392. The van der Waals surface area contributed by atoms with Crippen molar-refractivity contribution in [2.45, 2.75) is 19.6 Å². The number of hydrogen-bond donors (Lipinski definition) is 0. The normalized spacial score (nSPS) is 11.9. The molecule has 0 aromatic carbocycles. The molecule has 0 N–H and O–H groups in total. The molecule has 0 amide bonds. The Morgan fingerprint density at radius 1 is 1.50 bits per heavy atom. The van der Waals surface area contributed by atoms with Crippen LogP contribution in [0.4, 0.5) is 3.89 Å². The molecule has 0 saturated carbocycles. The highest BCUT2D eigenvalue weighted by molar-refractivity contribution is 7.85. The van der Waals surface area contributed by atoms with Gasteiger partial charge in [0.1, 0.15) is 11.5 Å². The summed E-state index contributed by atoms with van der Waals surface area (Å²) in [5.74, 6) is -0.317. The first-order valence-electron chi connectivity index (χ1n) is 3.24. The summed E-state index contributed by atoms with van der Waals surface area (Å²) < 4.78 is 37.4. The molecule has 0 fully saturated rings. The van der Waals surface area contributed by atoms with Crippen molar-refractivity contribution in [1.29, 1.82) is 0 Å². The van der Waals surface area contributed by atoms with Crippen LogP contribution in [-0.2, 0) is 16.0 Å². The lowest BCUT2D eigenvalue weighted by atomic mass is 10.2. The van der Waals surface area contributed by atoms with Crippen molar-refractivity contribution in [1.82, 2.24) is 5.16 Å². The maximum atomic E-state index is 12.2. The Morgan fingerprint density at radius 3 is 2.42 bits per heavy atom. The molecule has 1 rings (SSSR count). The van der Waals surface area contributed by atoms with Crippen molar-refractivity contribution in [2.75, 3.05) is 0 Å². The van der Waals surface area contributed by atoms with Crippen LogP contribution >= 0.6 is 0 Å². The van der Waals surface area contributed by atoms with E-state index in [4.69, 9.17) is 0 Å². The smallest absolute Gasteiger partial charge is 0.306 e. The molecular weight excluding hydrogens is 185 g/mol. The van der Waals surface area contributed by atoms with Gasteiger partial charge in [-0.3, -0.25) is 0 Å². The van der Waals surface area contributed by atoms with Crippen LogP contribution in [-0.4, -0.2) is 13.6 Å². The molecule has 0 atom stereocenters. The number of nitrogens with zero attached hydrogens (tertiary/aromatic N) is 1. The Labute approximate surface area is 69.6 Å².